The van der Waals surface area contributed by atoms with Crippen molar-refractivity contribution in [1.82, 2.24) is 0 Å². The molecule has 3 N–H and O–H groups in total. The Hall–Kier alpha value is -0.830. The molecule has 0 saturated heterocycles. The molecule has 1 unspecified atom stereocenters. The van der Waals surface area contributed by atoms with Gasteiger partial charge in [-0.15, -0.1) is 0 Å². The van der Waals surface area contributed by atoms with Gasteiger partial charge in [-0.25, -0.2) is 0 Å². The highest BCUT2D eigenvalue weighted by Crippen LogP contribution is 2.02. The van der Waals surface area contributed by atoms with E-state index in [1.165, 1.54) is 6.08 Å². The molecule has 0 aliphatic heterocycles. The molecular weight excluding hydrogens is 130 g/mol. The predicted octanol–water partition coefficient (Wildman–Crippen LogP) is 0.189. The molecule has 0 radical (unpaired) electrons. The molecule has 58 valence electrons. The summed E-state index contributed by atoms with van der Waals surface area (Å²) in [5.41, 5.74) is 5.68. The largest absolute Gasteiger partial charge is 0.393 e. The van der Waals surface area contributed by atoms with Crippen LogP contribution in [-0.2, 0) is 4.79 Å². The molecule has 0 aliphatic carbocycles. The second-order valence-electron chi connectivity index (χ2n) is 2.45. The quantitative estimate of drug-likeness (QED) is 0.554. The van der Waals surface area contributed by atoms with Crippen LogP contribution in [0.5, 0.6) is 0 Å². The molecular formula is C7H13NO2. The van der Waals surface area contributed by atoms with Gasteiger partial charge in [-0.05, 0) is 20.3 Å². The Morgan fingerprint density at radius 2 is 2.30 bits per heavy atom. The van der Waals surface area contributed by atoms with Crippen molar-refractivity contribution in [1.29, 1.82) is 0 Å². The van der Waals surface area contributed by atoms with Crippen LogP contribution >= 0.6 is 0 Å². The summed E-state index contributed by atoms with van der Waals surface area (Å²) >= 11 is 0. The van der Waals surface area contributed by atoms with E-state index in [2.05, 4.69) is 0 Å². The third-order valence-corrected chi connectivity index (χ3v) is 1.01. The number of rotatable bonds is 3. The molecule has 0 bridgehead atoms. The lowest BCUT2D eigenvalue weighted by molar-refractivity contribution is -0.113. The molecule has 0 spiro atoms. The van der Waals surface area contributed by atoms with E-state index in [1.54, 1.807) is 13.8 Å². The maximum atomic E-state index is 10.3. The van der Waals surface area contributed by atoms with Crippen molar-refractivity contribution in [2.24, 2.45) is 5.73 Å². The number of aliphatic hydroxyl groups excluding tert-OH is 1. The lowest BCUT2D eigenvalue weighted by atomic mass is 10.1. The number of carbonyl (C=O) groups is 1. The highest BCUT2D eigenvalue weighted by molar-refractivity contribution is 5.86. The van der Waals surface area contributed by atoms with Gasteiger partial charge < -0.3 is 10.8 Å². The first kappa shape index (κ1) is 9.17. The van der Waals surface area contributed by atoms with Crippen LogP contribution in [0.15, 0.2) is 11.6 Å². The number of aliphatic hydroxyl groups is 1. The molecule has 0 aromatic carbocycles. The minimum absolute atomic E-state index is 0.407. The van der Waals surface area contributed by atoms with Crippen molar-refractivity contribution in [3.63, 3.8) is 0 Å². The van der Waals surface area contributed by atoms with Gasteiger partial charge in [0, 0.05) is 6.08 Å². The topological polar surface area (TPSA) is 63.3 Å². The van der Waals surface area contributed by atoms with Crippen LogP contribution in [-0.4, -0.2) is 17.1 Å². The SMILES string of the molecule is CC(=CC(N)=O)CC(C)O. The van der Waals surface area contributed by atoms with Crippen LogP contribution in [0.2, 0.25) is 0 Å². The summed E-state index contributed by atoms with van der Waals surface area (Å²) in [5.74, 6) is -0.460. The van der Waals surface area contributed by atoms with Gasteiger partial charge in [0.2, 0.25) is 5.91 Å². The van der Waals surface area contributed by atoms with Crippen molar-refractivity contribution >= 4 is 5.91 Å². The van der Waals surface area contributed by atoms with Gasteiger partial charge in [-0.1, -0.05) is 5.57 Å². The van der Waals surface area contributed by atoms with Crippen molar-refractivity contribution < 1.29 is 9.90 Å². The fourth-order valence-electron chi connectivity index (χ4n) is 0.768. The lowest BCUT2D eigenvalue weighted by Crippen LogP contribution is -2.08. The van der Waals surface area contributed by atoms with Crippen LogP contribution in [0.25, 0.3) is 0 Å². The standard InChI is InChI=1S/C7H13NO2/c1-5(3-6(2)9)4-7(8)10/h4,6,9H,3H2,1-2H3,(H2,8,10). The first-order valence-electron chi connectivity index (χ1n) is 3.17. The van der Waals surface area contributed by atoms with Crippen LogP contribution < -0.4 is 5.73 Å². The third kappa shape index (κ3) is 5.31. The fraction of sp³-hybridized carbons (Fsp3) is 0.571. The average molecular weight is 143 g/mol. The number of primary amides is 1. The molecule has 0 saturated carbocycles. The molecule has 1 atom stereocenters. The Bertz CT molecular complexity index is 150. The highest BCUT2D eigenvalue weighted by Gasteiger charge is 1.97. The lowest BCUT2D eigenvalue weighted by Gasteiger charge is -2.01. The average Bonchev–Trinajstić information content (AvgIpc) is 1.58. The first-order valence-corrected chi connectivity index (χ1v) is 3.17. The van der Waals surface area contributed by atoms with Crippen molar-refractivity contribution in [3.05, 3.63) is 11.6 Å². The van der Waals surface area contributed by atoms with Crippen molar-refractivity contribution in [2.75, 3.05) is 0 Å². The van der Waals surface area contributed by atoms with E-state index in [0.29, 0.717) is 6.42 Å². The summed E-state index contributed by atoms with van der Waals surface area (Å²) in [6, 6.07) is 0. The Balaban J connectivity index is 3.83. The van der Waals surface area contributed by atoms with E-state index in [4.69, 9.17) is 10.8 Å². The summed E-state index contributed by atoms with van der Waals surface area (Å²) in [6.07, 6.45) is 1.42. The van der Waals surface area contributed by atoms with E-state index < -0.39 is 12.0 Å². The van der Waals surface area contributed by atoms with Gasteiger partial charge in [0.15, 0.2) is 0 Å². The maximum Gasteiger partial charge on any atom is 0.241 e. The minimum atomic E-state index is -0.460. The van der Waals surface area contributed by atoms with Crippen LogP contribution in [0, 0.1) is 0 Å². The third-order valence-electron chi connectivity index (χ3n) is 1.01. The number of hydrogen-bond acceptors (Lipinski definition) is 2. The smallest absolute Gasteiger partial charge is 0.241 e. The van der Waals surface area contributed by atoms with E-state index in [0.717, 1.165) is 5.57 Å². The normalized spacial score (nSPS) is 14.9. The van der Waals surface area contributed by atoms with Gasteiger partial charge in [0.25, 0.3) is 0 Å². The molecule has 10 heavy (non-hydrogen) atoms. The van der Waals surface area contributed by atoms with Crippen LogP contribution in [0.3, 0.4) is 0 Å². The highest BCUT2D eigenvalue weighted by atomic mass is 16.3. The van der Waals surface area contributed by atoms with Gasteiger partial charge in [0.1, 0.15) is 0 Å². The summed E-state index contributed by atoms with van der Waals surface area (Å²) in [7, 11) is 0. The summed E-state index contributed by atoms with van der Waals surface area (Å²) < 4.78 is 0. The van der Waals surface area contributed by atoms with Crippen molar-refractivity contribution in [3.8, 4) is 0 Å². The number of hydrogen-bond donors (Lipinski definition) is 2. The molecule has 0 aromatic heterocycles. The van der Waals surface area contributed by atoms with Gasteiger partial charge >= 0.3 is 0 Å². The summed E-state index contributed by atoms with van der Waals surface area (Å²) in [4.78, 5) is 10.3. The summed E-state index contributed by atoms with van der Waals surface area (Å²) in [6.45, 7) is 3.43. The Morgan fingerprint density at radius 1 is 1.80 bits per heavy atom. The van der Waals surface area contributed by atoms with E-state index in [9.17, 15) is 4.79 Å². The van der Waals surface area contributed by atoms with Gasteiger partial charge in [-0.3, -0.25) is 4.79 Å². The second kappa shape index (κ2) is 4.06. The second-order valence-corrected chi connectivity index (χ2v) is 2.45. The molecule has 0 heterocycles. The number of nitrogens with two attached hydrogens (primary N) is 1. The Kier molecular flexibility index (Phi) is 3.72. The minimum Gasteiger partial charge on any atom is -0.393 e. The molecule has 0 aliphatic rings. The molecule has 0 rings (SSSR count). The molecule has 3 nitrogen and oxygen atoms in total. The van der Waals surface area contributed by atoms with Gasteiger partial charge in [-0.2, -0.15) is 0 Å². The zero-order valence-corrected chi connectivity index (χ0v) is 6.29. The first-order chi connectivity index (χ1) is 4.52. The predicted molar refractivity (Wildman–Crippen MR) is 39.2 cm³/mol. The molecule has 0 fully saturated rings. The van der Waals surface area contributed by atoms with E-state index >= 15 is 0 Å². The van der Waals surface area contributed by atoms with Crippen LogP contribution in [0.1, 0.15) is 20.3 Å². The number of amides is 1. The molecule has 1 amide bonds. The van der Waals surface area contributed by atoms with Crippen LogP contribution in [0.4, 0.5) is 0 Å². The zero-order chi connectivity index (χ0) is 8.15. The Labute approximate surface area is 60.5 Å². The van der Waals surface area contributed by atoms with E-state index in [1.807, 2.05) is 0 Å². The molecule has 0 aromatic rings. The monoisotopic (exact) mass is 143 g/mol. The number of carbonyl (C=O) groups excluding carboxylic acids is 1. The zero-order valence-electron chi connectivity index (χ0n) is 6.29. The fourth-order valence-corrected chi connectivity index (χ4v) is 0.768. The Morgan fingerprint density at radius 3 is 2.60 bits per heavy atom. The molecule has 3 heteroatoms. The van der Waals surface area contributed by atoms with Crippen molar-refractivity contribution in [2.45, 2.75) is 26.4 Å². The van der Waals surface area contributed by atoms with Gasteiger partial charge in [0.05, 0.1) is 6.10 Å². The summed E-state index contributed by atoms with van der Waals surface area (Å²) in [5, 5.41) is 8.84. The van der Waals surface area contributed by atoms with E-state index in [-0.39, 0.29) is 0 Å². The maximum absolute atomic E-state index is 10.3.